The van der Waals surface area contributed by atoms with Gasteiger partial charge in [0.25, 0.3) is 0 Å². The fourth-order valence-electron chi connectivity index (χ4n) is 2.36. The van der Waals surface area contributed by atoms with Crippen LogP contribution in [0.5, 0.6) is 11.6 Å². The van der Waals surface area contributed by atoms with Gasteiger partial charge in [0.1, 0.15) is 5.75 Å². The number of morpholine rings is 1. The maximum Gasteiger partial charge on any atom is 0.322 e. The summed E-state index contributed by atoms with van der Waals surface area (Å²) in [7, 11) is 0. The second-order valence-electron chi connectivity index (χ2n) is 5.34. The molecular formula is C17H19N3O3. The summed E-state index contributed by atoms with van der Waals surface area (Å²) in [4.78, 5) is 18.2. The van der Waals surface area contributed by atoms with Crippen LogP contribution in [0.2, 0.25) is 0 Å². The number of hydrogen-bond donors (Lipinski definition) is 1. The molecule has 1 aliphatic heterocycles. The number of aromatic nitrogens is 1. The van der Waals surface area contributed by atoms with E-state index in [9.17, 15) is 4.79 Å². The van der Waals surface area contributed by atoms with Gasteiger partial charge in [-0.15, -0.1) is 0 Å². The Morgan fingerprint density at radius 3 is 2.83 bits per heavy atom. The van der Waals surface area contributed by atoms with Gasteiger partial charge in [-0.2, -0.15) is 0 Å². The molecule has 0 saturated carbocycles. The number of hydrogen-bond acceptors (Lipinski definition) is 4. The second-order valence-corrected chi connectivity index (χ2v) is 5.34. The smallest absolute Gasteiger partial charge is 0.322 e. The van der Waals surface area contributed by atoms with Crippen molar-refractivity contribution in [3.63, 3.8) is 0 Å². The lowest BCUT2D eigenvalue weighted by molar-refractivity contribution is 0.0222. The highest BCUT2D eigenvalue weighted by Crippen LogP contribution is 2.21. The van der Waals surface area contributed by atoms with E-state index in [-0.39, 0.29) is 12.1 Å². The molecule has 0 unspecified atom stereocenters. The Kier molecular flexibility index (Phi) is 4.73. The molecule has 0 radical (unpaired) electrons. The topological polar surface area (TPSA) is 63.7 Å². The third-order valence-electron chi connectivity index (χ3n) is 3.59. The van der Waals surface area contributed by atoms with E-state index in [0.717, 1.165) is 5.69 Å². The molecule has 1 N–H and O–H groups in total. The quantitative estimate of drug-likeness (QED) is 0.945. The molecule has 0 spiro atoms. The van der Waals surface area contributed by atoms with E-state index in [1.807, 2.05) is 19.1 Å². The lowest BCUT2D eigenvalue weighted by Crippen LogP contribution is -2.48. The highest BCUT2D eigenvalue weighted by Gasteiger charge is 2.23. The average Bonchev–Trinajstić information content (AvgIpc) is 2.58. The number of ether oxygens (including phenoxy) is 2. The van der Waals surface area contributed by atoms with Crippen molar-refractivity contribution in [3.05, 3.63) is 48.7 Å². The summed E-state index contributed by atoms with van der Waals surface area (Å²) >= 11 is 0. The highest BCUT2D eigenvalue weighted by molar-refractivity contribution is 5.89. The van der Waals surface area contributed by atoms with Crippen molar-refractivity contribution in [1.82, 2.24) is 9.88 Å². The Morgan fingerprint density at radius 2 is 2.13 bits per heavy atom. The number of carbonyl (C=O) groups excluding carboxylic acids is 1. The number of rotatable bonds is 3. The fourth-order valence-corrected chi connectivity index (χ4v) is 2.36. The number of anilines is 1. The zero-order chi connectivity index (χ0) is 16.1. The molecular weight excluding hydrogens is 294 g/mol. The number of pyridine rings is 1. The van der Waals surface area contributed by atoms with Crippen LogP contribution in [0, 0.1) is 0 Å². The molecule has 1 aromatic carbocycles. The first-order chi connectivity index (χ1) is 11.2. The molecule has 6 nitrogen and oxygen atoms in total. The largest absolute Gasteiger partial charge is 0.439 e. The second kappa shape index (κ2) is 7.11. The zero-order valence-corrected chi connectivity index (χ0v) is 12.9. The summed E-state index contributed by atoms with van der Waals surface area (Å²) in [6.07, 6.45) is 1.67. The van der Waals surface area contributed by atoms with Crippen LogP contribution >= 0.6 is 0 Å². The number of urea groups is 1. The molecule has 0 aliphatic carbocycles. The molecule has 1 fully saturated rings. The van der Waals surface area contributed by atoms with Crippen molar-refractivity contribution in [2.75, 3.05) is 25.1 Å². The Balaban J connectivity index is 1.60. The minimum absolute atomic E-state index is 0.0792. The summed E-state index contributed by atoms with van der Waals surface area (Å²) in [6, 6.07) is 12.7. The van der Waals surface area contributed by atoms with Crippen LogP contribution in [0.3, 0.4) is 0 Å². The SMILES string of the molecule is C[C@@H]1COCCN1C(=O)Nc1ccc(Oc2ccccn2)cc1. The normalized spacial score (nSPS) is 17.6. The van der Waals surface area contributed by atoms with E-state index >= 15 is 0 Å². The molecule has 1 atom stereocenters. The minimum atomic E-state index is -0.112. The highest BCUT2D eigenvalue weighted by atomic mass is 16.5. The standard InChI is InChI=1S/C17H19N3O3/c1-13-12-22-11-10-20(13)17(21)19-14-5-7-15(8-6-14)23-16-4-2-3-9-18-16/h2-9,13H,10-12H2,1H3,(H,19,21)/t13-/m1/s1. The van der Waals surface area contributed by atoms with Gasteiger partial charge in [0.05, 0.1) is 19.3 Å². The van der Waals surface area contributed by atoms with E-state index in [2.05, 4.69) is 10.3 Å². The average molecular weight is 313 g/mol. The third-order valence-corrected chi connectivity index (χ3v) is 3.59. The first-order valence-corrected chi connectivity index (χ1v) is 7.57. The van der Waals surface area contributed by atoms with E-state index in [1.165, 1.54) is 0 Å². The predicted molar refractivity (Wildman–Crippen MR) is 86.8 cm³/mol. The lowest BCUT2D eigenvalue weighted by atomic mass is 10.2. The van der Waals surface area contributed by atoms with Gasteiger partial charge in [-0.1, -0.05) is 6.07 Å². The Bertz CT molecular complexity index is 646. The monoisotopic (exact) mass is 313 g/mol. The summed E-state index contributed by atoms with van der Waals surface area (Å²) in [5.74, 6) is 1.20. The predicted octanol–water partition coefficient (Wildman–Crippen LogP) is 3.13. The van der Waals surface area contributed by atoms with Crippen LogP contribution in [0.25, 0.3) is 0 Å². The van der Waals surface area contributed by atoms with Crippen molar-refractivity contribution >= 4 is 11.7 Å². The molecule has 2 amide bonds. The van der Waals surface area contributed by atoms with Gasteiger partial charge in [-0.3, -0.25) is 0 Å². The van der Waals surface area contributed by atoms with E-state index in [1.54, 1.807) is 41.4 Å². The van der Waals surface area contributed by atoms with Gasteiger partial charge < -0.3 is 19.7 Å². The molecule has 6 heteroatoms. The van der Waals surface area contributed by atoms with Gasteiger partial charge in [0, 0.05) is 24.5 Å². The minimum Gasteiger partial charge on any atom is -0.439 e. The molecule has 120 valence electrons. The number of nitrogens with zero attached hydrogens (tertiary/aromatic N) is 2. The van der Waals surface area contributed by atoms with Gasteiger partial charge >= 0.3 is 6.03 Å². The summed E-state index contributed by atoms with van der Waals surface area (Å²) in [5, 5.41) is 2.89. The van der Waals surface area contributed by atoms with E-state index < -0.39 is 0 Å². The zero-order valence-electron chi connectivity index (χ0n) is 12.9. The van der Waals surface area contributed by atoms with Crippen molar-refractivity contribution in [1.29, 1.82) is 0 Å². The van der Waals surface area contributed by atoms with Crippen LogP contribution in [0.15, 0.2) is 48.7 Å². The van der Waals surface area contributed by atoms with Crippen LogP contribution in [-0.2, 0) is 4.74 Å². The van der Waals surface area contributed by atoms with Crippen LogP contribution in [0.4, 0.5) is 10.5 Å². The van der Waals surface area contributed by atoms with Crippen molar-refractivity contribution in [3.8, 4) is 11.6 Å². The molecule has 23 heavy (non-hydrogen) atoms. The Hall–Kier alpha value is -2.60. The first kappa shape index (κ1) is 15.3. The summed E-state index contributed by atoms with van der Waals surface area (Å²) in [5.41, 5.74) is 0.724. The fraction of sp³-hybridized carbons (Fsp3) is 0.294. The number of nitrogens with one attached hydrogen (secondary N) is 1. The number of amides is 2. The van der Waals surface area contributed by atoms with Crippen LogP contribution in [0.1, 0.15) is 6.92 Å². The van der Waals surface area contributed by atoms with E-state index in [4.69, 9.17) is 9.47 Å². The summed E-state index contributed by atoms with van der Waals surface area (Å²) in [6.45, 7) is 3.73. The Labute approximate surface area is 135 Å². The van der Waals surface area contributed by atoms with Gasteiger partial charge in [-0.05, 0) is 37.3 Å². The summed E-state index contributed by atoms with van der Waals surface area (Å²) < 4.78 is 11.0. The van der Waals surface area contributed by atoms with Crippen molar-refractivity contribution in [2.24, 2.45) is 0 Å². The maximum atomic E-state index is 12.3. The molecule has 3 rings (SSSR count). The van der Waals surface area contributed by atoms with Crippen molar-refractivity contribution in [2.45, 2.75) is 13.0 Å². The maximum absolute atomic E-state index is 12.3. The van der Waals surface area contributed by atoms with E-state index in [0.29, 0.717) is 31.4 Å². The number of carbonyl (C=O) groups is 1. The molecule has 2 aromatic rings. The van der Waals surface area contributed by atoms with Gasteiger partial charge in [0.2, 0.25) is 5.88 Å². The first-order valence-electron chi connectivity index (χ1n) is 7.57. The molecule has 1 saturated heterocycles. The molecule has 1 aromatic heterocycles. The van der Waals surface area contributed by atoms with Gasteiger partial charge in [0.15, 0.2) is 0 Å². The number of benzene rings is 1. The van der Waals surface area contributed by atoms with Crippen LogP contribution in [-0.4, -0.2) is 41.7 Å². The molecule has 2 heterocycles. The lowest BCUT2D eigenvalue weighted by Gasteiger charge is -2.33. The van der Waals surface area contributed by atoms with Gasteiger partial charge in [-0.25, -0.2) is 9.78 Å². The third kappa shape index (κ3) is 3.98. The molecule has 1 aliphatic rings. The van der Waals surface area contributed by atoms with Crippen molar-refractivity contribution < 1.29 is 14.3 Å². The molecule has 0 bridgehead atoms. The van der Waals surface area contributed by atoms with Crippen LogP contribution < -0.4 is 10.1 Å². The Morgan fingerprint density at radius 1 is 1.30 bits per heavy atom.